The van der Waals surface area contributed by atoms with Crippen LogP contribution < -0.4 is 0 Å². The number of allylic oxidation sites excluding steroid dienone is 8. The minimum absolute atomic E-state index is 0. The Morgan fingerprint density at radius 3 is 1.30 bits per heavy atom. The smallest absolute Gasteiger partial charge is 0 e. The third-order valence-corrected chi connectivity index (χ3v) is 1.45. The largest absolute Gasteiger partial charge is 0.281 e. The molecule has 0 N–H and O–H groups in total. The standard InChI is InChI=1S/C14H19.6Y/c1-3-5-7-9-11-13-14-12-10-8-6-4-2;;;;;;/h3,5-14H,4H2,1-2H3;;;;;;/q-3;;;;;;/b5-3-,8-6-,11-9-,14-12-;;;;;;. The number of hydrogen-bond acceptors (Lipinski definition) is 0. The first-order chi connectivity index (χ1) is 6.91. The Morgan fingerprint density at radius 2 is 0.950 bits per heavy atom. The van der Waals surface area contributed by atoms with Crippen LogP contribution in [0.3, 0.4) is 0 Å². The second-order valence-corrected chi connectivity index (χ2v) is 2.71. The van der Waals surface area contributed by atoms with Crippen molar-refractivity contribution >= 4 is 0 Å². The molecule has 0 nitrogen and oxygen atoms in total. The molecule has 0 aliphatic rings. The molecule has 0 amide bonds. The molecule has 6 radical (unpaired) electrons. The molecule has 0 aliphatic carbocycles. The monoisotopic (exact) mass is 721 g/mol. The second-order valence-electron chi connectivity index (χ2n) is 2.71. The predicted molar refractivity (Wildman–Crippen MR) is 65.4 cm³/mol. The van der Waals surface area contributed by atoms with Crippen molar-refractivity contribution in [3.8, 4) is 0 Å². The molecule has 20 heavy (non-hydrogen) atoms. The fraction of sp³-hybridized carbons (Fsp3) is 0.214. The van der Waals surface area contributed by atoms with Gasteiger partial charge in [0.05, 0.1) is 0 Å². The number of rotatable bonds is 7. The zero-order valence-corrected chi connectivity index (χ0v) is 29.6. The van der Waals surface area contributed by atoms with E-state index in [2.05, 4.69) is 19.1 Å². The van der Waals surface area contributed by atoms with Crippen molar-refractivity contribution in [2.45, 2.75) is 20.3 Å². The topological polar surface area (TPSA) is 0 Å². The zero-order chi connectivity index (χ0) is 10.5. The van der Waals surface area contributed by atoms with E-state index in [1.807, 2.05) is 62.6 Å². The Balaban J connectivity index is -0.0000000563. The van der Waals surface area contributed by atoms with Crippen LogP contribution >= 0.6 is 0 Å². The summed E-state index contributed by atoms with van der Waals surface area (Å²) in [5.41, 5.74) is 0. The first kappa shape index (κ1) is 44.6. The second kappa shape index (κ2) is 44.0. The van der Waals surface area contributed by atoms with Gasteiger partial charge < -0.3 is 0 Å². The first-order valence-corrected chi connectivity index (χ1v) is 5.03. The van der Waals surface area contributed by atoms with Gasteiger partial charge in [-0.2, -0.15) is 24.3 Å². The van der Waals surface area contributed by atoms with Gasteiger partial charge >= 0.3 is 0 Å². The molecule has 0 unspecified atom stereocenters. The van der Waals surface area contributed by atoms with Gasteiger partial charge in [-0.25, -0.2) is 12.8 Å². The Bertz CT molecular complexity index is 222. The maximum absolute atomic E-state index is 2.12. The van der Waals surface area contributed by atoms with E-state index in [0.717, 1.165) is 6.42 Å². The van der Waals surface area contributed by atoms with Gasteiger partial charge in [-0.05, 0) is 0 Å². The van der Waals surface area contributed by atoms with Crippen molar-refractivity contribution in [2.24, 2.45) is 0 Å². The molecule has 0 saturated carbocycles. The Hall–Kier alpha value is 5.19. The van der Waals surface area contributed by atoms with Crippen molar-refractivity contribution in [3.05, 3.63) is 67.9 Å². The van der Waals surface area contributed by atoms with E-state index in [9.17, 15) is 0 Å². The van der Waals surface area contributed by atoms with E-state index in [0.29, 0.717) is 0 Å². The van der Waals surface area contributed by atoms with Crippen LogP contribution in [-0.2, 0) is 196 Å². The molecule has 0 rings (SSSR count). The van der Waals surface area contributed by atoms with E-state index in [4.69, 9.17) is 0 Å². The molecular formula is C14H19Y6-3. The molecule has 96 valence electrons. The van der Waals surface area contributed by atoms with Crippen LogP contribution in [0.1, 0.15) is 20.3 Å². The van der Waals surface area contributed by atoms with Crippen LogP contribution in [0.4, 0.5) is 0 Å². The van der Waals surface area contributed by atoms with E-state index in [1.54, 1.807) is 0 Å². The van der Waals surface area contributed by atoms with Crippen molar-refractivity contribution in [1.29, 1.82) is 0 Å². The molecule has 0 aromatic heterocycles. The fourth-order valence-corrected chi connectivity index (χ4v) is 0.775. The Kier molecular flexibility index (Phi) is 98.1. The van der Waals surface area contributed by atoms with Crippen LogP contribution in [0.5, 0.6) is 0 Å². The molecule has 0 aromatic carbocycles. The van der Waals surface area contributed by atoms with Crippen LogP contribution in [0.15, 0.2) is 48.6 Å². The SMILES string of the molecule is C/C=C\[CH-]/C=C\[CH-]/C=C\[CH-]/C=C\CC.[Y].[Y].[Y].[Y].[Y].[Y]. The normalized spacial score (nSPS) is 8.50. The maximum Gasteiger partial charge on any atom is 0 e. The van der Waals surface area contributed by atoms with Gasteiger partial charge in [-0.15, -0.1) is 0 Å². The molecule has 0 spiro atoms. The van der Waals surface area contributed by atoms with Crippen LogP contribution in [-0.4, -0.2) is 0 Å². The van der Waals surface area contributed by atoms with Gasteiger partial charge in [-0.1, -0.05) is 20.3 Å². The summed E-state index contributed by atoms with van der Waals surface area (Å²) in [5, 5.41) is 0. The third kappa shape index (κ3) is 43.6. The van der Waals surface area contributed by atoms with Crippen molar-refractivity contribution < 1.29 is 196 Å². The van der Waals surface area contributed by atoms with Gasteiger partial charge in [0.25, 0.3) is 0 Å². The molecule has 0 aliphatic heterocycles. The van der Waals surface area contributed by atoms with E-state index in [-0.39, 0.29) is 196 Å². The van der Waals surface area contributed by atoms with Crippen molar-refractivity contribution in [3.63, 3.8) is 0 Å². The zero-order valence-electron chi connectivity index (χ0n) is 12.5. The summed E-state index contributed by atoms with van der Waals surface area (Å²) in [6.07, 6.45) is 23.4. The molecule has 0 bridgehead atoms. The third-order valence-electron chi connectivity index (χ3n) is 1.45. The van der Waals surface area contributed by atoms with Crippen molar-refractivity contribution in [2.75, 3.05) is 0 Å². The van der Waals surface area contributed by atoms with E-state index < -0.39 is 0 Å². The Labute approximate surface area is 277 Å². The molecule has 0 fully saturated rings. The van der Waals surface area contributed by atoms with Crippen LogP contribution in [0.2, 0.25) is 0 Å². The van der Waals surface area contributed by atoms with Crippen LogP contribution in [0, 0.1) is 19.3 Å². The predicted octanol–water partition coefficient (Wildman–Crippen LogP) is 4.24. The minimum atomic E-state index is 0. The van der Waals surface area contributed by atoms with Crippen molar-refractivity contribution in [1.82, 2.24) is 0 Å². The Morgan fingerprint density at radius 1 is 0.600 bits per heavy atom. The molecule has 6 heteroatoms. The molecule has 0 aromatic rings. The fourth-order valence-electron chi connectivity index (χ4n) is 0.775. The van der Waals surface area contributed by atoms with Gasteiger partial charge in [0.15, 0.2) is 0 Å². The molecule has 0 atom stereocenters. The quantitative estimate of drug-likeness (QED) is 0.346. The average Bonchev–Trinajstić information content (AvgIpc) is 2.21. The van der Waals surface area contributed by atoms with E-state index >= 15 is 0 Å². The summed E-state index contributed by atoms with van der Waals surface area (Å²) in [6.45, 7) is 4.13. The van der Waals surface area contributed by atoms with Crippen LogP contribution in [0.25, 0.3) is 0 Å². The molecule has 0 saturated heterocycles. The summed E-state index contributed by atoms with van der Waals surface area (Å²) < 4.78 is 0. The van der Waals surface area contributed by atoms with Gasteiger partial charge in [-0.3, -0.25) is 30.7 Å². The summed E-state index contributed by atoms with van der Waals surface area (Å²) in [6, 6.07) is 0. The maximum atomic E-state index is 2.12. The summed E-state index contributed by atoms with van der Waals surface area (Å²) >= 11 is 0. The summed E-state index contributed by atoms with van der Waals surface area (Å²) in [4.78, 5) is 0. The molecular weight excluding hydrogens is 702 g/mol. The minimum Gasteiger partial charge on any atom is -0.281 e. The summed E-state index contributed by atoms with van der Waals surface area (Å²) in [5.74, 6) is 0. The van der Waals surface area contributed by atoms with Gasteiger partial charge in [0.1, 0.15) is 0 Å². The molecule has 0 heterocycles. The summed E-state index contributed by atoms with van der Waals surface area (Å²) in [7, 11) is 0. The van der Waals surface area contributed by atoms with Gasteiger partial charge in [0, 0.05) is 196 Å². The average molecular weight is 721 g/mol. The number of hydrogen-bond donors (Lipinski definition) is 0. The van der Waals surface area contributed by atoms with E-state index in [1.165, 1.54) is 0 Å². The van der Waals surface area contributed by atoms with Gasteiger partial charge in [0.2, 0.25) is 0 Å². The first-order valence-electron chi connectivity index (χ1n) is 5.03.